The second-order valence-electron chi connectivity index (χ2n) is 5.81. The smallest absolute Gasteiger partial charge is 0.121 e. The Kier molecular flexibility index (Phi) is 6.86. The van der Waals surface area contributed by atoms with Gasteiger partial charge >= 0.3 is 0 Å². The molecule has 0 spiro atoms. The van der Waals surface area contributed by atoms with Crippen LogP contribution in [0.3, 0.4) is 0 Å². The normalized spacial score (nSPS) is 21.5. The van der Waals surface area contributed by atoms with E-state index in [9.17, 15) is 0 Å². The van der Waals surface area contributed by atoms with Crippen molar-refractivity contribution >= 4 is 24.8 Å². The molecule has 1 saturated heterocycles. The van der Waals surface area contributed by atoms with E-state index in [0.717, 1.165) is 37.9 Å². The highest BCUT2D eigenvalue weighted by atomic mass is 35.5. The first kappa shape index (κ1) is 17.8. The molecule has 1 atom stereocenters. The number of halogens is 2. The standard InChI is InChI=1S/C15H24N2O.2ClH/c1-11-10-14(18-12(11)2)15(13-4-3-5-13)17-8-6-16-7-9-17;;/h10,13,15-16H,3-9H2,1-2H3;2*1H/t15-;;/m1../s1. The van der Waals surface area contributed by atoms with Crippen LogP contribution in [-0.2, 0) is 0 Å². The molecule has 3 nitrogen and oxygen atoms in total. The summed E-state index contributed by atoms with van der Waals surface area (Å²) in [4.78, 5) is 2.62. The van der Waals surface area contributed by atoms with Crippen molar-refractivity contribution in [3.63, 3.8) is 0 Å². The monoisotopic (exact) mass is 320 g/mol. The molecule has 20 heavy (non-hydrogen) atoms. The SMILES string of the molecule is Cc1cc([C@@H](C2CCC2)N2CCNCC2)oc1C.Cl.Cl. The predicted octanol–water partition coefficient (Wildman–Crippen LogP) is 3.49. The molecule has 2 aliphatic rings. The van der Waals surface area contributed by atoms with E-state index in [0.29, 0.717) is 6.04 Å². The summed E-state index contributed by atoms with van der Waals surface area (Å²) in [5.41, 5.74) is 1.30. The molecule has 2 heterocycles. The Bertz CT molecular complexity index is 393. The van der Waals surface area contributed by atoms with Gasteiger partial charge in [0.1, 0.15) is 11.5 Å². The van der Waals surface area contributed by atoms with Gasteiger partial charge in [-0.1, -0.05) is 6.42 Å². The van der Waals surface area contributed by atoms with Gasteiger partial charge in [-0.3, -0.25) is 4.90 Å². The second-order valence-corrected chi connectivity index (χ2v) is 5.81. The van der Waals surface area contributed by atoms with E-state index < -0.39 is 0 Å². The van der Waals surface area contributed by atoms with Crippen molar-refractivity contribution in [3.8, 4) is 0 Å². The lowest BCUT2D eigenvalue weighted by Gasteiger charge is -2.41. The molecule has 1 aliphatic heterocycles. The molecule has 1 aromatic heterocycles. The molecule has 1 saturated carbocycles. The van der Waals surface area contributed by atoms with Gasteiger partial charge in [0.2, 0.25) is 0 Å². The van der Waals surface area contributed by atoms with Gasteiger partial charge in [-0.25, -0.2) is 0 Å². The molecule has 0 aromatic carbocycles. The Morgan fingerprint density at radius 1 is 1.20 bits per heavy atom. The maximum absolute atomic E-state index is 6.02. The highest BCUT2D eigenvalue weighted by Gasteiger charge is 2.35. The van der Waals surface area contributed by atoms with Crippen LogP contribution in [0.4, 0.5) is 0 Å². The van der Waals surface area contributed by atoms with Crippen LogP contribution >= 0.6 is 24.8 Å². The van der Waals surface area contributed by atoms with Crippen molar-refractivity contribution in [2.24, 2.45) is 5.92 Å². The molecule has 1 N–H and O–H groups in total. The van der Waals surface area contributed by atoms with Gasteiger partial charge in [-0.2, -0.15) is 0 Å². The van der Waals surface area contributed by atoms with Gasteiger partial charge < -0.3 is 9.73 Å². The van der Waals surface area contributed by atoms with Crippen LogP contribution in [0, 0.1) is 19.8 Å². The molecule has 0 unspecified atom stereocenters. The molecule has 1 aromatic rings. The van der Waals surface area contributed by atoms with Crippen molar-refractivity contribution in [2.45, 2.75) is 39.2 Å². The van der Waals surface area contributed by atoms with Crippen molar-refractivity contribution in [3.05, 3.63) is 23.2 Å². The summed E-state index contributed by atoms with van der Waals surface area (Å²) in [5, 5.41) is 3.44. The van der Waals surface area contributed by atoms with Gasteiger partial charge in [-0.05, 0) is 44.2 Å². The molecule has 1 aliphatic carbocycles. The van der Waals surface area contributed by atoms with Gasteiger partial charge in [0.15, 0.2) is 0 Å². The zero-order chi connectivity index (χ0) is 12.5. The minimum Gasteiger partial charge on any atom is -0.464 e. The highest BCUT2D eigenvalue weighted by Crippen LogP contribution is 2.42. The number of nitrogens with one attached hydrogen (secondary N) is 1. The van der Waals surface area contributed by atoms with E-state index in [-0.39, 0.29) is 24.8 Å². The topological polar surface area (TPSA) is 28.4 Å². The minimum atomic E-state index is 0. The summed E-state index contributed by atoms with van der Waals surface area (Å²) in [6, 6.07) is 2.79. The van der Waals surface area contributed by atoms with Crippen LogP contribution < -0.4 is 5.32 Å². The molecule has 2 fully saturated rings. The van der Waals surface area contributed by atoms with Crippen LogP contribution in [0.2, 0.25) is 0 Å². The lowest BCUT2D eigenvalue weighted by molar-refractivity contribution is 0.0679. The Morgan fingerprint density at radius 2 is 1.85 bits per heavy atom. The molecule has 3 rings (SSSR count). The van der Waals surface area contributed by atoms with E-state index in [1.54, 1.807) is 0 Å². The lowest BCUT2D eigenvalue weighted by atomic mass is 9.78. The highest BCUT2D eigenvalue weighted by molar-refractivity contribution is 5.85. The lowest BCUT2D eigenvalue weighted by Crippen LogP contribution is -2.47. The number of hydrogen-bond donors (Lipinski definition) is 1. The fourth-order valence-corrected chi connectivity index (χ4v) is 3.17. The first-order valence-electron chi connectivity index (χ1n) is 7.27. The van der Waals surface area contributed by atoms with E-state index in [1.165, 1.54) is 30.6 Å². The summed E-state index contributed by atoms with van der Waals surface area (Å²) in [7, 11) is 0. The zero-order valence-corrected chi connectivity index (χ0v) is 14.0. The number of aryl methyl sites for hydroxylation is 2. The zero-order valence-electron chi connectivity index (χ0n) is 12.4. The summed E-state index contributed by atoms with van der Waals surface area (Å²) in [6.07, 6.45) is 4.13. The summed E-state index contributed by atoms with van der Waals surface area (Å²) < 4.78 is 6.02. The van der Waals surface area contributed by atoms with Crippen LogP contribution in [0.25, 0.3) is 0 Å². The quantitative estimate of drug-likeness (QED) is 0.924. The van der Waals surface area contributed by atoms with Crippen LogP contribution in [0.5, 0.6) is 0 Å². The third-order valence-corrected chi connectivity index (χ3v) is 4.62. The molecular formula is C15H26Cl2N2O. The van der Waals surface area contributed by atoms with Crippen LogP contribution in [0.15, 0.2) is 10.5 Å². The van der Waals surface area contributed by atoms with Gasteiger partial charge in [-0.15, -0.1) is 24.8 Å². The van der Waals surface area contributed by atoms with Gasteiger partial charge in [0.25, 0.3) is 0 Å². The van der Waals surface area contributed by atoms with Crippen LogP contribution in [-0.4, -0.2) is 31.1 Å². The number of hydrogen-bond acceptors (Lipinski definition) is 3. The fraction of sp³-hybridized carbons (Fsp3) is 0.733. The van der Waals surface area contributed by atoms with E-state index >= 15 is 0 Å². The first-order chi connectivity index (χ1) is 8.75. The molecule has 0 bridgehead atoms. The summed E-state index contributed by atoms with van der Waals surface area (Å²) in [5.74, 6) is 3.11. The Labute approximate surface area is 134 Å². The molecule has 5 heteroatoms. The number of rotatable bonds is 3. The largest absolute Gasteiger partial charge is 0.464 e. The summed E-state index contributed by atoms with van der Waals surface area (Å²) in [6.45, 7) is 8.76. The number of nitrogens with zero attached hydrogens (tertiary/aromatic N) is 1. The van der Waals surface area contributed by atoms with E-state index in [1.807, 2.05) is 0 Å². The molecule has 0 radical (unpaired) electrons. The Balaban J connectivity index is 0.000001000. The number of piperazine rings is 1. The molecule has 0 amide bonds. The fourth-order valence-electron chi connectivity index (χ4n) is 3.17. The van der Waals surface area contributed by atoms with E-state index in [2.05, 4.69) is 30.1 Å². The Morgan fingerprint density at radius 3 is 2.30 bits per heavy atom. The maximum atomic E-state index is 6.02. The average molecular weight is 321 g/mol. The minimum absolute atomic E-state index is 0. The number of furan rings is 1. The first-order valence-corrected chi connectivity index (χ1v) is 7.27. The molecule has 116 valence electrons. The predicted molar refractivity (Wildman–Crippen MR) is 87.2 cm³/mol. The van der Waals surface area contributed by atoms with Crippen molar-refractivity contribution in [1.29, 1.82) is 0 Å². The maximum Gasteiger partial charge on any atom is 0.121 e. The van der Waals surface area contributed by atoms with E-state index in [4.69, 9.17) is 4.42 Å². The van der Waals surface area contributed by atoms with Gasteiger partial charge in [0, 0.05) is 26.2 Å². The van der Waals surface area contributed by atoms with Crippen molar-refractivity contribution in [2.75, 3.05) is 26.2 Å². The summed E-state index contributed by atoms with van der Waals surface area (Å²) >= 11 is 0. The third-order valence-electron chi connectivity index (χ3n) is 4.62. The van der Waals surface area contributed by atoms with Crippen LogP contribution in [0.1, 0.15) is 42.4 Å². The third kappa shape index (κ3) is 3.51. The van der Waals surface area contributed by atoms with Crippen molar-refractivity contribution in [1.82, 2.24) is 10.2 Å². The average Bonchev–Trinajstić information content (AvgIpc) is 2.65. The van der Waals surface area contributed by atoms with Gasteiger partial charge in [0.05, 0.1) is 6.04 Å². The second kappa shape index (κ2) is 7.69. The Hall–Kier alpha value is -0.220. The molecular weight excluding hydrogens is 295 g/mol. The van der Waals surface area contributed by atoms with Crippen molar-refractivity contribution < 1.29 is 4.42 Å².